The quantitative estimate of drug-likeness (QED) is 0.633. The maximum Gasteiger partial charge on any atom is 0.106 e. The fourth-order valence-electron chi connectivity index (χ4n) is 1.33. The first-order chi connectivity index (χ1) is 7.62. The molecule has 0 saturated carbocycles. The van der Waals surface area contributed by atoms with E-state index >= 15 is 0 Å². The summed E-state index contributed by atoms with van der Waals surface area (Å²) >= 11 is 0. The zero-order valence-electron chi connectivity index (χ0n) is 9.35. The third kappa shape index (κ3) is 3.07. The number of rotatable bonds is 5. The van der Waals surface area contributed by atoms with Crippen LogP contribution in [0.15, 0.2) is 30.3 Å². The van der Waals surface area contributed by atoms with E-state index in [-0.39, 0.29) is 6.61 Å². The summed E-state index contributed by atoms with van der Waals surface area (Å²) in [6.07, 6.45) is 4.39. The van der Waals surface area contributed by atoms with Gasteiger partial charge in [-0.15, -0.1) is 6.42 Å². The van der Waals surface area contributed by atoms with Crippen molar-refractivity contribution in [3.05, 3.63) is 35.9 Å². The van der Waals surface area contributed by atoms with E-state index in [4.69, 9.17) is 11.5 Å². The number of aliphatic hydroxyl groups excluding tert-OH is 2. The van der Waals surface area contributed by atoms with Gasteiger partial charge >= 0.3 is 0 Å². The molecule has 3 nitrogen and oxygen atoms in total. The molecule has 1 aromatic rings. The summed E-state index contributed by atoms with van der Waals surface area (Å²) in [5, 5.41) is 21.6. The van der Waals surface area contributed by atoms with E-state index in [1.54, 1.807) is 6.92 Å². The van der Waals surface area contributed by atoms with Gasteiger partial charge < -0.3 is 10.2 Å². The Morgan fingerprint density at radius 2 is 2.06 bits per heavy atom. The van der Waals surface area contributed by atoms with E-state index in [0.29, 0.717) is 6.54 Å². The van der Waals surface area contributed by atoms with Gasteiger partial charge in [0.15, 0.2) is 0 Å². The van der Waals surface area contributed by atoms with E-state index in [9.17, 15) is 5.11 Å². The molecule has 0 amide bonds. The van der Waals surface area contributed by atoms with Gasteiger partial charge in [-0.05, 0) is 12.5 Å². The summed E-state index contributed by atoms with van der Waals surface area (Å²) in [5.41, 5.74) is 0.166. The van der Waals surface area contributed by atoms with Crippen molar-refractivity contribution in [2.45, 2.75) is 25.1 Å². The van der Waals surface area contributed by atoms with Crippen LogP contribution in [0.3, 0.4) is 0 Å². The standard InChI is InChI=1S/C13H17NO2/c1-3-13(2,12(16)10-15)14-9-11-7-5-4-6-8-11/h1,4-8,12,14-16H,9-10H2,2H3/t12-,13+/m1/s1. The molecule has 1 aromatic carbocycles. The molecule has 0 spiro atoms. The Labute approximate surface area is 96.1 Å². The van der Waals surface area contributed by atoms with Crippen LogP contribution in [0.4, 0.5) is 0 Å². The van der Waals surface area contributed by atoms with Crippen LogP contribution < -0.4 is 5.32 Å². The van der Waals surface area contributed by atoms with Crippen molar-refractivity contribution < 1.29 is 10.2 Å². The average Bonchev–Trinajstić information content (AvgIpc) is 2.36. The Balaban J connectivity index is 2.63. The summed E-state index contributed by atoms with van der Waals surface area (Å²) in [6, 6.07) is 9.75. The lowest BCUT2D eigenvalue weighted by Gasteiger charge is -2.29. The molecule has 0 aliphatic rings. The number of terminal acetylenes is 1. The zero-order valence-corrected chi connectivity index (χ0v) is 9.35. The maximum absolute atomic E-state index is 9.60. The monoisotopic (exact) mass is 219 g/mol. The van der Waals surface area contributed by atoms with Crippen LogP contribution in [0.2, 0.25) is 0 Å². The molecular formula is C13H17NO2. The predicted molar refractivity (Wildman–Crippen MR) is 63.6 cm³/mol. The molecule has 0 radical (unpaired) electrons. The first-order valence-corrected chi connectivity index (χ1v) is 5.18. The third-order valence-corrected chi connectivity index (χ3v) is 2.64. The van der Waals surface area contributed by atoms with E-state index in [0.717, 1.165) is 5.56 Å². The zero-order chi connectivity index (χ0) is 12.0. The molecule has 16 heavy (non-hydrogen) atoms. The van der Waals surface area contributed by atoms with E-state index in [1.165, 1.54) is 0 Å². The Kier molecular flexibility index (Phi) is 4.51. The highest BCUT2D eigenvalue weighted by Crippen LogP contribution is 2.10. The summed E-state index contributed by atoms with van der Waals surface area (Å²) in [7, 11) is 0. The van der Waals surface area contributed by atoms with Crippen molar-refractivity contribution in [2.24, 2.45) is 0 Å². The lowest BCUT2D eigenvalue weighted by atomic mass is 9.96. The topological polar surface area (TPSA) is 52.5 Å². The molecule has 0 aliphatic carbocycles. The van der Waals surface area contributed by atoms with Crippen molar-refractivity contribution in [1.82, 2.24) is 5.32 Å². The lowest BCUT2D eigenvalue weighted by molar-refractivity contribution is 0.0436. The first kappa shape index (κ1) is 12.7. The number of hydrogen-bond donors (Lipinski definition) is 3. The highest BCUT2D eigenvalue weighted by atomic mass is 16.3. The van der Waals surface area contributed by atoms with Crippen LogP contribution in [0.1, 0.15) is 12.5 Å². The minimum Gasteiger partial charge on any atom is -0.394 e. The van der Waals surface area contributed by atoms with Gasteiger partial charge in [0.1, 0.15) is 11.6 Å². The minimum absolute atomic E-state index is 0.359. The van der Waals surface area contributed by atoms with E-state index < -0.39 is 11.6 Å². The fourth-order valence-corrected chi connectivity index (χ4v) is 1.33. The van der Waals surface area contributed by atoms with Crippen molar-refractivity contribution >= 4 is 0 Å². The second-order valence-electron chi connectivity index (χ2n) is 3.88. The lowest BCUT2D eigenvalue weighted by Crippen LogP contribution is -2.52. The van der Waals surface area contributed by atoms with Crippen molar-refractivity contribution in [2.75, 3.05) is 6.61 Å². The Hall–Kier alpha value is -1.34. The first-order valence-electron chi connectivity index (χ1n) is 5.18. The summed E-state index contributed by atoms with van der Waals surface area (Å²) in [4.78, 5) is 0. The number of aliphatic hydroxyl groups is 2. The Bertz CT molecular complexity index is 358. The smallest absolute Gasteiger partial charge is 0.106 e. The molecular weight excluding hydrogens is 202 g/mol. The highest BCUT2D eigenvalue weighted by Gasteiger charge is 2.29. The molecule has 2 atom stereocenters. The Morgan fingerprint density at radius 3 is 2.56 bits per heavy atom. The van der Waals surface area contributed by atoms with Crippen LogP contribution in [0.25, 0.3) is 0 Å². The van der Waals surface area contributed by atoms with Crippen LogP contribution in [-0.4, -0.2) is 28.5 Å². The van der Waals surface area contributed by atoms with Crippen LogP contribution >= 0.6 is 0 Å². The van der Waals surface area contributed by atoms with Gasteiger partial charge in [-0.25, -0.2) is 0 Å². The molecule has 86 valence electrons. The molecule has 0 aromatic heterocycles. The van der Waals surface area contributed by atoms with Gasteiger partial charge in [0.05, 0.1) is 6.61 Å². The third-order valence-electron chi connectivity index (χ3n) is 2.64. The van der Waals surface area contributed by atoms with E-state index in [2.05, 4.69) is 11.2 Å². The predicted octanol–water partition coefficient (Wildman–Crippen LogP) is 0.521. The van der Waals surface area contributed by atoms with Gasteiger partial charge in [-0.2, -0.15) is 0 Å². The minimum atomic E-state index is -0.971. The van der Waals surface area contributed by atoms with Crippen LogP contribution in [-0.2, 0) is 6.54 Å². The fraction of sp³-hybridized carbons (Fsp3) is 0.385. The summed E-state index contributed by atoms with van der Waals surface area (Å²) in [5.74, 6) is 2.48. The summed E-state index contributed by atoms with van der Waals surface area (Å²) < 4.78 is 0. The second-order valence-corrected chi connectivity index (χ2v) is 3.88. The molecule has 1 rings (SSSR count). The summed E-state index contributed by atoms with van der Waals surface area (Å²) in [6.45, 7) is 1.89. The SMILES string of the molecule is C#C[C@](C)(NCc1ccccc1)[C@H](O)CO. The van der Waals surface area contributed by atoms with Gasteiger partial charge in [0.2, 0.25) is 0 Å². The van der Waals surface area contributed by atoms with Crippen LogP contribution in [0.5, 0.6) is 0 Å². The Morgan fingerprint density at radius 1 is 1.44 bits per heavy atom. The largest absolute Gasteiger partial charge is 0.394 e. The molecule has 0 unspecified atom stereocenters. The molecule has 0 bridgehead atoms. The molecule has 0 heterocycles. The van der Waals surface area contributed by atoms with Crippen molar-refractivity contribution in [1.29, 1.82) is 0 Å². The van der Waals surface area contributed by atoms with Crippen molar-refractivity contribution in [3.63, 3.8) is 0 Å². The highest BCUT2D eigenvalue weighted by molar-refractivity contribution is 5.18. The number of hydrogen-bond acceptors (Lipinski definition) is 3. The van der Waals surface area contributed by atoms with Crippen LogP contribution in [0, 0.1) is 12.3 Å². The van der Waals surface area contributed by atoms with E-state index in [1.807, 2.05) is 30.3 Å². The maximum atomic E-state index is 9.60. The average molecular weight is 219 g/mol. The second kappa shape index (κ2) is 5.66. The molecule has 3 heteroatoms. The molecule has 3 N–H and O–H groups in total. The molecule has 0 saturated heterocycles. The number of nitrogens with one attached hydrogen (secondary N) is 1. The normalized spacial score (nSPS) is 16.1. The molecule has 0 aliphatic heterocycles. The van der Waals surface area contributed by atoms with Gasteiger partial charge in [-0.1, -0.05) is 36.3 Å². The van der Waals surface area contributed by atoms with Gasteiger partial charge in [0.25, 0.3) is 0 Å². The van der Waals surface area contributed by atoms with Gasteiger partial charge in [0, 0.05) is 6.54 Å². The number of benzene rings is 1. The van der Waals surface area contributed by atoms with Gasteiger partial charge in [-0.3, -0.25) is 5.32 Å². The molecule has 0 fully saturated rings. The van der Waals surface area contributed by atoms with Crippen molar-refractivity contribution in [3.8, 4) is 12.3 Å².